The lowest BCUT2D eigenvalue weighted by Crippen LogP contribution is -3.10. The lowest BCUT2D eigenvalue weighted by molar-refractivity contribution is -0.887. The van der Waals surface area contributed by atoms with Crippen molar-refractivity contribution in [2.45, 2.75) is 33.1 Å². The van der Waals surface area contributed by atoms with E-state index >= 15 is 0 Å². The second kappa shape index (κ2) is 9.26. The quantitative estimate of drug-likeness (QED) is 0.530. The molecule has 156 valence electrons. The molecule has 2 aromatic carbocycles. The number of nitrogens with zero attached hydrogens (tertiary/aromatic N) is 1. The maximum atomic E-state index is 13.0. The van der Waals surface area contributed by atoms with E-state index in [1.54, 1.807) is 4.90 Å². The summed E-state index contributed by atoms with van der Waals surface area (Å²) in [5, 5.41) is 7.39. The molecule has 4 rings (SSSR count). The lowest BCUT2D eigenvalue weighted by atomic mass is 10.1. The van der Waals surface area contributed by atoms with Crippen molar-refractivity contribution in [1.82, 2.24) is 10.3 Å². The molecule has 0 unspecified atom stereocenters. The van der Waals surface area contributed by atoms with E-state index in [1.165, 1.54) is 31.5 Å². The number of amides is 1. The fourth-order valence-corrected chi connectivity index (χ4v) is 4.28. The van der Waals surface area contributed by atoms with Gasteiger partial charge in [-0.25, -0.2) is 4.98 Å². The summed E-state index contributed by atoms with van der Waals surface area (Å²) < 4.78 is 0. The van der Waals surface area contributed by atoms with Gasteiger partial charge in [0.05, 0.1) is 30.7 Å². The summed E-state index contributed by atoms with van der Waals surface area (Å²) >= 11 is 0. The number of pyridine rings is 1. The van der Waals surface area contributed by atoms with Crippen molar-refractivity contribution in [2.75, 3.05) is 31.5 Å². The number of quaternary nitrogens is 1. The highest BCUT2D eigenvalue weighted by molar-refractivity contribution is 6.07. The zero-order valence-corrected chi connectivity index (χ0v) is 17.9. The largest absolute Gasteiger partial charge is 0.352 e. The summed E-state index contributed by atoms with van der Waals surface area (Å²) in [6.07, 6.45) is 3.68. The van der Waals surface area contributed by atoms with Crippen molar-refractivity contribution in [3.8, 4) is 0 Å². The molecular formula is C25H31N4O+. The Bertz CT molecular complexity index is 1040. The Kier molecular flexibility index (Phi) is 6.29. The predicted molar refractivity (Wildman–Crippen MR) is 123 cm³/mol. The molecular weight excluding hydrogens is 372 g/mol. The summed E-state index contributed by atoms with van der Waals surface area (Å²) in [4.78, 5) is 19.4. The van der Waals surface area contributed by atoms with Crippen molar-refractivity contribution in [3.63, 3.8) is 0 Å². The van der Waals surface area contributed by atoms with Crippen LogP contribution in [-0.4, -0.2) is 37.1 Å². The van der Waals surface area contributed by atoms with Crippen LogP contribution in [0.5, 0.6) is 0 Å². The number of hydrogen-bond donors (Lipinski definition) is 3. The van der Waals surface area contributed by atoms with E-state index in [4.69, 9.17) is 4.98 Å². The van der Waals surface area contributed by atoms with E-state index in [-0.39, 0.29) is 5.91 Å². The van der Waals surface area contributed by atoms with Gasteiger partial charge in [0.15, 0.2) is 0 Å². The summed E-state index contributed by atoms with van der Waals surface area (Å²) in [5.74, 6) is 0.654. The topological polar surface area (TPSA) is 58.5 Å². The summed E-state index contributed by atoms with van der Waals surface area (Å²) in [6, 6.07) is 16.0. The van der Waals surface area contributed by atoms with Crippen LogP contribution in [0.2, 0.25) is 0 Å². The van der Waals surface area contributed by atoms with E-state index in [1.807, 2.05) is 30.3 Å². The Labute approximate surface area is 178 Å². The molecule has 0 saturated carbocycles. The minimum Gasteiger partial charge on any atom is -0.352 e. The van der Waals surface area contributed by atoms with Gasteiger partial charge in [0.2, 0.25) is 0 Å². The molecule has 3 aromatic rings. The van der Waals surface area contributed by atoms with Gasteiger partial charge in [-0.15, -0.1) is 0 Å². The molecule has 1 amide bonds. The Morgan fingerprint density at radius 2 is 1.87 bits per heavy atom. The zero-order valence-electron chi connectivity index (χ0n) is 17.9. The first-order valence-corrected chi connectivity index (χ1v) is 11.0. The predicted octanol–water partition coefficient (Wildman–Crippen LogP) is 3.39. The fraction of sp³-hybridized carbons (Fsp3) is 0.360. The summed E-state index contributed by atoms with van der Waals surface area (Å²) in [6.45, 7) is 8.55. The van der Waals surface area contributed by atoms with Crippen LogP contribution in [0.3, 0.4) is 0 Å². The second-order valence-corrected chi connectivity index (χ2v) is 8.33. The smallest absolute Gasteiger partial charge is 0.252 e. The Morgan fingerprint density at radius 3 is 2.67 bits per heavy atom. The van der Waals surface area contributed by atoms with Crippen LogP contribution in [0.1, 0.15) is 40.7 Å². The highest BCUT2D eigenvalue weighted by Crippen LogP contribution is 2.25. The molecule has 0 aliphatic carbocycles. The lowest BCUT2D eigenvalue weighted by Gasteiger charge is -2.14. The summed E-state index contributed by atoms with van der Waals surface area (Å²) in [7, 11) is 0. The van der Waals surface area contributed by atoms with Crippen LogP contribution >= 0.6 is 0 Å². The first-order valence-electron chi connectivity index (χ1n) is 11.0. The van der Waals surface area contributed by atoms with Gasteiger partial charge in [0.1, 0.15) is 5.82 Å². The molecule has 5 heteroatoms. The van der Waals surface area contributed by atoms with E-state index in [9.17, 15) is 4.79 Å². The molecule has 0 atom stereocenters. The number of aromatic nitrogens is 1. The molecule has 30 heavy (non-hydrogen) atoms. The number of para-hydroxylation sites is 1. The summed E-state index contributed by atoms with van der Waals surface area (Å²) in [5.41, 5.74) is 4.87. The minimum atomic E-state index is -0.0336. The first-order chi connectivity index (χ1) is 14.6. The van der Waals surface area contributed by atoms with Crippen LogP contribution in [0.25, 0.3) is 10.9 Å². The van der Waals surface area contributed by atoms with Gasteiger partial charge >= 0.3 is 0 Å². The average molecular weight is 404 g/mol. The fourth-order valence-electron chi connectivity index (χ4n) is 4.28. The number of carbonyl (C=O) groups is 1. The molecule has 1 saturated heterocycles. The highest BCUT2D eigenvalue weighted by Gasteiger charge is 2.16. The van der Waals surface area contributed by atoms with Gasteiger partial charge in [0, 0.05) is 36.9 Å². The Balaban J connectivity index is 1.51. The van der Waals surface area contributed by atoms with Crippen LogP contribution in [0.4, 0.5) is 11.5 Å². The monoisotopic (exact) mass is 403 g/mol. The number of fused-ring (bicyclic) bond motifs is 1. The molecule has 3 N–H and O–H groups in total. The number of aryl methyl sites for hydroxylation is 2. The molecule has 5 nitrogen and oxygen atoms in total. The van der Waals surface area contributed by atoms with Crippen LogP contribution < -0.4 is 15.5 Å². The molecule has 1 aromatic heterocycles. The van der Waals surface area contributed by atoms with Gasteiger partial charge in [0.25, 0.3) is 5.91 Å². The highest BCUT2D eigenvalue weighted by atomic mass is 16.1. The number of benzene rings is 2. The van der Waals surface area contributed by atoms with Gasteiger partial charge < -0.3 is 15.5 Å². The normalized spacial score (nSPS) is 14.2. The van der Waals surface area contributed by atoms with Crippen molar-refractivity contribution >= 4 is 28.3 Å². The standard InChI is InChI=1S/C25H30N4O/c1-18-10-11-22(19(2)16-18)27-24-17-21(20-8-3-4-9-23(20)28-24)25(30)26-12-7-15-29-13-5-6-14-29/h3-4,8-11,16-17H,5-7,12-15H2,1-2H3,(H,26,30)(H,27,28)/p+1. The van der Waals surface area contributed by atoms with Crippen molar-refractivity contribution in [1.29, 1.82) is 0 Å². The van der Waals surface area contributed by atoms with Crippen molar-refractivity contribution < 1.29 is 9.69 Å². The minimum absolute atomic E-state index is 0.0336. The third kappa shape index (κ3) is 4.79. The number of rotatable bonds is 7. The molecule has 1 fully saturated rings. The number of likely N-dealkylation sites (tertiary alicyclic amines) is 1. The van der Waals surface area contributed by atoms with Crippen molar-refractivity contribution in [2.24, 2.45) is 0 Å². The molecule has 0 bridgehead atoms. The Hall–Kier alpha value is -2.92. The number of hydrogen-bond acceptors (Lipinski definition) is 3. The second-order valence-electron chi connectivity index (χ2n) is 8.33. The zero-order chi connectivity index (χ0) is 20.9. The van der Waals surface area contributed by atoms with Gasteiger partial charge in [-0.3, -0.25) is 4.79 Å². The van der Waals surface area contributed by atoms with E-state index in [0.29, 0.717) is 17.9 Å². The maximum absolute atomic E-state index is 13.0. The number of carbonyl (C=O) groups excluding carboxylic acids is 1. The van der Waals surface area contributed by atoms with Crippen LogP contribution in [0, 0.1) is 13.8 Å². The number of nitrogens with one attached hydrogen (secondary N) is 3. The van der Waals surface area contributed by atoms with Gasteiger partial charge in [-0.2, -0.15) is 0 Å². The van der Waals surface area contributed by atoms with Crippen molar-refractivity contribution in [3.05, 3.63) is 65.2 Å². The third-order valence-corrected chi connectivity index (χ3v) is 5.91. The molecule has 2 heterocycles. The van der Waals surface area contributed by atoms with E-state index in [2.05, 4.69) is 42.7 Å². The molecule has 0 spiro atoms. The van der Waals surface area contributed by atoms with E-state index < -0.39 is 0 Å². The maximum Gasteiger partial charge on any atom is 0.252 e. The Morgan fingerprint density at radius 1 is 1.07 bits per heavy atom. The first kappa shape index (κ1) is 20.4. The van der Waals surface area contributed by atoms with E-state index in [0.717, 1.165) is 35.1 Å². The molecule has 0 radical (unpaired) electrons. The molecule has 1 aliphatic heterocycles. The van der Waals surface area contributed by atoms with Crippen LogP contribution in [0.15, 0.2) is 48.5 Å². The van der Waals surface area contributed by atoms with Crippen LogP contribution in [-0.2, 0) is 0 Å². The average Bonchev–Trinajstić information content (AvgIpc) is 3.26. The third-order valence-electron chi connectivity index (χ3n) is 5.91. The SMILES string of the molecule is Cc1ccc(Nc2cc(C(=O)NCCC[NH+]3CCCC3)c3ccccc3n2)c(C)c1. The van der Waals surface area contributed by atoms with Gasteiger partial charge in [-0.1, -0.05) is 35.9 Å². The number of anilines is 2. The van der Waals surface area contributed by atoms with Gasteiger partial charge in [-0.05, 0) is 37.6 Å². The molecule has 1 aliphatic rings.